The van der Waals surface area contributed by atoms with Crippen molar-refractivity contribution in [1.29, 1.82) is 0 Å². The summed E-state index contributed by atoms with van der Waals surface area (Å²) in [5.41, 5.74) is 0.657. The number of rotatable bonds is 4. The molecule has 1 aliphatic rings. The molecule has 110 valence electrons. The molecular formula is C16H16FNO3. The zero-order chi connectivity index (χ0) is 14.7. The van der Waals surface area contributed by atoms with E-state index in [2.05, 4.69) is 0 Å². The van der Waals surface area contributed by atoms with Crippen molar-refractivity contribution in [3.8, 4) is 0 Å². The Morgan fingerprint density at radius 3 is 2.71 bits per heavy atom. The van der Waals surface area contributed by atoms with Gasteiger partial charge < -0.3 is 14.1 Å². The van der Waals surface area contributed by atoms with Crippen LogP contribution in [-0.4, -0.2) is 19.1 Å². The highest BCUT2D eigenvalue weighted by Crippen LogP contribution is 2.24. The fourth-order valence-corrected chi connectivity index (χ4v) is 2.43. The highest BCUT2D eigenvalue weighted by molar-refractivity contribution is 5.95. The summed E-state index contributed by atoms with van der Waals surface area (Å²) in [7, 11) is 0. The third kappa shape index (κ3) is 3.13. The molecule has 1 fully saturated rings. The Balaban J connectivity index is 1.86. The van der Waals surface area contributed by atoms with E-state index in [4.69, 9.17) is 9.15 Å². The first kappa shape index (κ1) is 13.8. The van der Waals surface area contributed by atoms with E-state index in [9.17, 15) is 9.18 Å². The molecule has 1 atom stereocenters. The number of carbonyl (C=O) groups is 1. The van der Waals surface area contributed by atoms with E-state index in [0.717, 1.165) is 0 Å². The average molecular weight is 289 g/mol. The molecule has 0 radical (unpaired) electrons. The van der Waals surface area contributed by atoms with E-state index in [0.29, 0.717) is 37.6 Å². The summed E-state index contributed by atoms with van der Waals surface area (Å²) >= 11 is 0. The van der Waals surface area contributed by atoms with Gasteiger partial charge in [0.2, 0.25) is 5.91 Å². The lowest BCUT2D eigenvalue weighted by atomic mass is 10.1. The molecule has 5 heteroatoms. The van der Waals surface area contributed by atoms with Gasteiger partial charge in [0, 0.05) is 12.3 Å². The van der Waals surface area contributed by atoms with Gasteiger partial charge in [-0.25, -0.2) is 4.39 Å². The van der Waals surface area contributed by atoms with Crippen LogP contribution in [0.5, 0.6) is 0 Å². The number of hydrogen-bond donors (Lipinski definition) is 0. The van der Waals surface area contributed by atoms with Crippen molar-refractivity contribution in [3.05, 3.63) is 54.2 Å². The first-order valence-electron chi connectivity index (χ1n) is 6.91. The van der Waals surface area contributed by atoms with Gasteiger partial charge in [-0.1, -0.05) is 0 Å². The molecule has 2 heterocycles. The van der Waals surface area contributed by atoms with Gasteiger partial charge in [-0.2, -0.15) is 0 Å². The Morgan fingerprint density at radius 1 is 1.29 bits per heavy atom. The number of hydrogen-bond acceptors (Lipinski definition) is 3. The summed E-state index contributed by atoms with van der Waals surface area (Å²) in [6.45, 7) is 1.37. The summed E-state index contributed by atoms with van der Waals surface area (Å²) in [6.07, 6.45) is 2.29. The van der Waals surface area contributed by atoms with Crippen LogP contribution in [0.25, 0.3) is 0 Å². The molecule has 0 bridgehead atoms. The van der Waals surface area contributed by atoms with Gasteiger partial charge in [0.25, 0.3) is 0 Å². The summed E-state index contributed by atoms with van der Waals surface area (Å²) in [5, 5.41) is 0. The minimum atomic E-state index is -0.326. The van der Waals surface area contributed by atoms with Crippen molar-refractivity contribution in [3.63, 3.8) is 0 Å². The van der Waals surface area contributed by atoms with Crippen LogP contribution in [0.2, 0.25) is 0 Å². The van der Waals surface area contributed by atoms with Crippen LogP contribution in [0.3, 0.4) is 0 Å². The maximum Gasteiger partial charge on any atom is 0.232 e. The van der Waals surface area contributed by atoms with E-state index in [-0.39, 0.29) is 17.6 Å². The number of amides is 1. The molecule has 0 N–H and O–H groups in total. The fraction of sp³-hybridized carbons (Fsp3) is 0.312. The van der Waals surface area contributed by atoms with Crippen molar-refractivity contribution in [2.45, 2.75) is 13.0 Å². The Labute approximate surface area is 122 Å². The number of ether oxygens (including phenoxy) is 1. The van der Waals surface area contributed by atoms with Gasteiger partial charge in [-0.15, -0.1) is 0 Å². The second-order valence-electron chi connectivity index (χ2n) is 5.04. The Hall–Kier alpha value is -2.14. The quantitative estimate of drug-likeness (QED) is 0.869. The Kier molecular flexibility index (Phi) is 4.01. The Morgan fingerprint density at radius 2 is 2.10 bits per heavy atom. The zero-order valence-electron chi connectivity index (χ0n) is 11.5. The maximum absolute atomic E-state index is 13.1. The van der Waals surface area contributed by atoms with Crippen molar-refractivity contribution in [2.24, 2.45) is 5.92 Å². The monoisotopic (exact) mass is 289 g/mol. The minimum absolute atomic E-state index is 0.0180. The largest absolute Gasteiger partial charge is 0.467 e. The molecule has 1 aromatic heterocycles. The molecule has 1 aromatic carbocycles. The second-order valence-corrected chi connectivity index (χ2v) is 5.04. The molecule has 1 amide bonds. The Bertz CT molecular complexity index is 588. The predicted octanol–water partition coefficient (Wildman–Crippen LogP) is 2.99. The highest BCUT2D eigenvalue weighted by Gasteiger charge is 2.29. The summed E-state index contributed by atoms with van der Waals surface area (Å²) in [6, 6.07) is 9.50. The lowest BCUT2D eigenvalue weighted by Crippen LogP contribution is -2.36. The van der Waals surface area contributed by atoms with Crippen LogP contribution in [-0.2, 0) is 16.1 Å². The van der Waals surface area contributed by atoms with Crippen molar-refractivity contribution in [1.82, 2.24) is 0 Å². The number of anilines is 1. The molecule has 4 nitrogen and oxygen atoms in total. The third-order valence-corrected chi connectivity index (χ3v) is 3.58. The van der Waals surface area contributed by atoms with E-state index >= 15 is 0 Å². The summed E-state index contributed by atoms with van der Waals surface area (Å²) < 4.78 is 23.7. The van der Waals surface area contributed by atoms with Crippen LogP contribution in [0.15, 0.2) is 47.1 Å². The summed E-state index contributed by atoms with van der Waals surface area (Å²) in [5.74, 6) is 0.195. The van der Waals surface area contributed by atoms with Gasteiger partial charge in [0.05, 0.1) is 25.3 Å². The topological polar surface area (TPSA) is 42.7 Å². The minimum Gasteiger partial charge on any atom is -0.467 e. The fourth-order valence-electron chi connectivity index (χ4n) is 2.43. The van der Waals surface area contributed by atoms with Crippen molar-refractivity contribution in [2.75, 3.05) is 18.1 Å². The number of carbonyl (C=O) groups excluding carboxylic acids is 1. The zero-order valence-corrected chi connectivity index (χ0v) is 11.5. The first-order valence-corrected chi connectivity index (χ1v) is 6.91. The molecular weight excluding hydrogens is 273 g/mol. The molecule has 1 aliphatic heterocycles. The van der Waals surface area contributed by atoms with Crippen LogP contribution in [0, 0.1) is 11.7 Å². The van der Waals surface area contributed by atoms with E-state index < -0.39 is 0 Å². The van der Waals surface area contributed by atoms with E-state index in [1.54, 1.807) is 29.4 Å². The number of nitrogens with zero attached hydrogens (tertiary/aromatic N) is 1. The molecule has 21 heavy (non-hydrogen) atoms. The number of halogens is 1. The standard InChI is InChI=1S/C16H16FNO3/c17-13-3-5-14(6-4-13)18(10-15-2-1-8-21-15)16(19)12-7-9-20-11-12/h1-6,8,12H,7,9-11H2. The molecule has 0 saturated carbocycles. The first-order chi connectivity index (χ1) is 10.2. The summed E-state index contributed by atoms with van der Waals surface area (Å²) in [4.78, 5) is 14.3. The van der Waals surface area contributed by atoms with Gasteiger partial charge >= 0.3 is 0 Å². The maximum atomic E-state index is 13.1. The smallest absolute Gasteiger partial charge is 0.232 e. The number of furan rings is 1. The van der Waals surface area contributed by atoms with Gasteiger partial charge in [-0.05, 0) is 42.8 Å². The SMILES string of the molecule is O=C(C1CCOC1)N(Cc1ccco1)c1ccc(F)cc1. The number of benzene rings is 1. The normalized spacial score (nSPS) is 17.9. The van der Waals surface area contributed by atoms with Gasteiger partial charge in [0.1, 0.15) is 11.6 Å². The van der Waals surface area contributed by atoms with Crippen LogP contribution < -0.4 is 4.90 Å². The second kappa shape index (κ2) is 6.10. The van der Waals surface area contributed by atoms with Crippen LogP contribution in [0.1, 0.15) is 12.2 Å². The third-order valence-electron chi connectivity index (χ3n) is 3.58. The van der Waals surface area contributed by atoms with Crippen molar-refractivity contribution >= 4 is 11.6 Å². The predicted molar refractivity (Wildman–Crippen MR) is 75.2 cm³/mol. The molecule has 3 rings (SSSR count). The highest BCUT2D eigenvalue weighted by atomic mass is 19.1. The lowest BCUT2D eigenvalue weighted by molar-refractivity contribution is -0.122. The molecule has 0 aliphatic carbocycles. The average Bonchev–Trinajstić information content (AvgIpc) is 3.18. The molecule has 1 saturated heterocycles. The van der Waals surface area contributed by atoms with Crippen molar-refractivity contribution < 1.29 is 18.3 Å². The molecule has 0 spiro atoms. The van der Waals surface area contributed by atoms with Crippen LogP contribution in [0.4, 0.5) is 10.1 Å². The van der Waals surface area contributed by atoms with E-state index in [1.807, 2.05) is 6.07 Å². The van der Waals surface area contributed by atoms with E-state index in [1.165, 1.54) is 12.1 Å². The van der Waals surface area contributed by atoms with Crippen LogP contribution >= 0.6 is 0 Å². The van der Waals surface area contributed by atoms with Gasteiger partial charge in [0.15, 0.2) is 0 Å². The van der Waals surface area contributed by atoms with Gasteiger partial charge in [-0.3, -0.25) is 4.79 Å². The molecule has 1 unspecified atom stereocenters. The molecule has 2 aromatic rings. The lowest BCUT2D eigenvalue weighted by Gasteiger charge is -2.24.